The molecule has 0 aliphatic carbocycles. The van der Waals surface area contributed by atoms with Crippen LogP contribution >= 0.6 is 0 Å². The van der Waals surface area contributed by atoms with Crippen LogP contribution in [0.4, 0.5) is 5.69 Å². The van der Waals surface area contributed by atoms with Gasteiger partial charge in [-0.05, 0) is 35.2 Å². The monoisotopic (exact) mass is 370 g/mol. The van der Waals surface area contributed by atoms with E-state index < -0.39 is 5.91 Å². The van der Waals surface area contributed by atoms with Gasteiger partial charge in [-0.15, -0.1) is 0 Å². The lowest BCUT2D eigenvalue weighted by Gasteiger charge is -2.19. The van der Waals surface area contributed by atoms with Crippen LogP contribution in [0.2, 0.25) is 0 Å². The van der Waals surface area contributed by atoms with Gasteiger partial charge in [0.1, 0.15) is 17.1 Å². The molecule has 0 fully saturated rings. The first kappa shape index (κ1) is 20.3. The fraction of sp³-hybridized carbons (Fsp3) is 0.333. The van der Waals surface area contributed by atoms with Gasteiger partial charge in [0.15, 0.2) is 0 Å². The van der Waals surface area contributed by atoms with Crippen molar-refractivity contribution in [3.8, 4) is 11.5 Å². The molecule has 6 nitrogen and oxygen atoms in total. The maximum Gasteiger partial charge on any atom is 0.259 e. The zero-order chi connectivity index (χ0) is 20.0. The Morgan fingerprint density at radius 3 is 1.96 bits per heavy atom. The lowest BCUT2D eigenvalue weighted by molar-refractivity contribution is -0.115. The number of amides is 2. The number of carbonyl (C=O) groups excluding carboxylic acids is 2. The van der Waals surface area contributed by atoms with Gasteiger partial charge in [0.2, 0.25) is 5.91 Å². The van der Waals surface area contributed by atoms with Crippen molar-refractivity contribution in [3.05, 3.63) is 53.6 Å². The van der Waals surface area contributed by atoms with E-state index in [9.17, 15) is 9.59 Å². The molecule has 0 unspecified atom stereocenters. The van der Waals surface area contributed by atoms with Crippen molar-refractivity contribution in [1.82, 2.24) is 5.32 Å². The van der Waals surface area contributed by atoms with Crippen LogP contribution in [0, 0.1) is 0 Å². The van der Waals surface area contributed by atoms with Crippen LogP contribution in [-0.2, 0) is 10.2 Å². The third-order valence-corrected chi connectivity index (χ3v) is 4.10. The molecule has 0 spiro atoms. The Kier molecular flexibility index (Phi) is 6.45. The van der Waals surface area contributed by atoms with E-state index >= 15 is 0 Å². The highest BCUT2D eigenvalue weighted by molar-refractivity contribution is 6.02. The van der Waals surface area contributed by atoms with Gasteiger partial charge >= 0.3 is 0 Å². The first-order chi connectivity index (χ1) is 12.8. The van der Waals surface area contributed by atoms with E-state index in [-0.39, 0.29) is 23.4 Å². The number of ether oxygens (including phenoxy) is 2. The van der Waals surface area contributed by atoms with Crippen molar-refractivity contribution in [2.45, 2.75) is 26.2 Å². The summed E-state index contributed by atoms with van der Waals surface area (Å²) in [6.07, 6.45) is 0. The quantitative estimate of drug-likeness (QED) is 0.817. The predicted molar refractivity (Wildman–Crippen MR) is 106 cm³/mol. The molecular weight excluding hydrogens is 344 g/mol. The molecule has 0 saturated carbocycles. The summed E-state index contributed by atoms with van der Waals surface area (Å²) in [5.41, 5.74) is 2.16. The van der Waals surface area contributed by atoms with E-state index in [0.717, 1.165) is 0 Å². The Morgan fingerprint density at radius 1 is 0.926 bits per heavy atom. The van der Waals surface area contributed by atoms with Crippen LogP contribution in [0.25, 0.3) is 0 Å². The number of nitrogens with one attached hydrogen (secondary N) is 2. The zero-order valence-corrected chi connectivity index (χ0v) is 16.4. The summed E-state index contributed by atoms with van der Waals surface area (Å²) in [7, 11) is 2.94. The molecular formula is C21H26N2O4. The number of benzene rings is 2. The first-order valence-corrected chi connectivity index (χ1v) is 8.66. The van der Waals surface area contributed by atoms with Crippen LogP contribution in [0.15, 0.2) is 42.5 Å². The normalized spacial score (nSPS) is 10.9. The zero-order valence-electron chi connectivity index (χ0n) is 16.4. The fourth-order valence-electron chi connectivity index (χ4n) is 2.58. The van der Waals surface area contributed by atoms with Crippen LogP contribution in [0.3, 0.4) is 0 Å². The smallest absolute Gasteiger partial charge is 0.259 e. The highest BCUT2D eigenvalue weighted by atomic mass is 16.5. The standard InChI is InChI=1S/C21H26N2O4/c1-21(2,3)14-9-11-15(12-10-14)23-18(24)13-22-20(25)19-16(26-4)7-6-8-17(19)27-5/h6-12H,13H2,1-5H3,(H,22,25)(H,23,24). The number of carbonyl (C=O) groups is 2. The van der Waals surface area contributed by atoms with E-state index in [4.69, 9.17) is 9.47 Å². The van der Waals surface area contributed by atoms with Gasteiger partial charge in [-0.1, -0.05) is 39.0 Å². The van der Waals surface area contributed by atoms with Gasteiger partial charge in [0.25, 0.3) is 5.91 Å². The van der Waals surface area contributed by atoms with Gasteiger partial charge < -0.3 is 20.1 Å². The molecule has 0 radical (unpaired) electrons. The summed E-state index contributed by atoms with van der Waals surface area (Å²) >= 11 is 0. The Balaban J connectivity index is 1.99. The lowest BCUT2D eigenvalue weighted by Crippen LogP contribution is -2.33. The van der Waals surface area contributed by atoms with Gasteiger partial charge in [0.05, 0.1) is 20.8 Å². The van der Waals surface area contributed by atoms with Crippen molar-refractivity contribution >= 4 is 17.5 Å². The largest absolute Gasteiger partial charge is 0.496 e. The maximum absolute atomic E-state index is 12.5. The molecule has 0 saturated heterocycles. The third-order valence-electron chi connectivity index (χ3n) is 4.10. The van der Waals surface area contributed by atoms with Gasteiger partial charge in [-0.25, -0.2) is 0 Å². The highest BCUT2D eigenvalue weighted by Crippen LogP contribution is 2.28. The molecule has 0 aliphatic rings. The molecule has 27 heavy (non-hydrogen) atoms. The van der Waals surface area contributed by atoms with Gasteiger partial charge in [0, 0.05) is 5.69 Å². The fourth-order valence-corrected chi connectivity index (χ4v) is 2.58. The summed E-state index contributed by atoms with van der Waals surface area (Å²) < 4.78 is 10.4. The molecule has 2 amide bonds. The number of hydrogen-bond donors (Lipinski definition) is 2. The van der Waals surface area contributed by atoms with E-state index in [2.05, 4.69) is 31.4 Å². The maximum atomic E-state index is 12.5. The van der Waals surface area contributed by atoms with Crippen molar-refractivity contribution in [1.29, 1.82) is 0 Å². The Morgan fingerprint density at radius 2 is 1.48 bits per heavy atom. The summed E-state index contributed by atoms with van der Waals surface area (Å²) in [4.78, 5) is 24.6. The van der Waals surface area contributed by atoms with Crippen molar-refractivity contribution < 1.29 is 19.1 Å². The second kappa shape index (κ2) is 8.58. The topological polar surface area (TPSA) is 76.7 Å². The predicted octanol–water partition coefficient (Wildman–Crippen LogP) is 3.37. The van der Waals surface area contributed by atoms with Crippen LogP contribution in [0.5, 0.6) is 11.5 Å². The van der Waals surface area contributed by atoms with E-state index in [1.54, 1.807) is 18.2 Å². The average Bonchev–Trinajstić information content (AvgIpc) is 2.65. The molecule has 2 N–H and O–H groups in total. The molecule has 2 aromatic carbocycles. The molecule has 0 heterocycles. The van der Waals surface area contributed by atoms with Crippen molar-refractivity contribution in [2.75, 3.05) is 26.1 Å². The van der Waals surface area contributed by atoms with Gasteiger partial charge in [-0.2, -0.15) is 0 Å². The Hall–Kier alpha value is -3.02. The number of methoxy groups -OCH3 is 2. The number of anilines is 1. The van der Waals surface area contributed by atoms with Crippen LogP contribution in [0.1, 0.15) is 36.7 Å². The minimum atomic E-state index is -0.442. The average molecular weight is 370 g/mol. The molecule has 0 bridgehead atoms. The molecule has 2 aromatic rings. The second-order valence-electron chi connectivity index (χ2n) is 7.10. The third kappa shape index (κ3) is 5.23. The van der Waals surface area contributed by atoms with Crippen LogP contribution in [-0.4, -0.2) is 32.6 Å². The minimum absolute atomic E-state index is 0.0459. The first-order valence-electron chi connectivity index (χ1n) is 8.66. The number of hydrogen-bond acceptors (Lipinski definition) is 4. The molecule has 144 valence electrons. The second-order valence-corrected chi connectivity index (χ2v) is 7.10. The van der Waals surface area contributed by atoms with Gasteiger partial charge in [-0.3, -0.25) is 9.59 Å². The minimum Gasteiger partial charge on any atom is -0.496 e. The summed E-state index contributed by atoms with van der Waals surface area (Å²) in [6.45, 7) is 6.22. The van der Waals surface area contributed by atoms with E-state index in [1.165, 1.54) is 19.8 Å². The summed E-state index contributed by atoms with van der Waals surface area (Å²) in [5.74, 6) is -0.00157. The molecule has 2 rings (SSSR count). The van der Waals surface area contributed by atoms with E-state index in [0.29, 0.717) is 17.2 Å². The molecule has 0 aromatic heterocycles. The molecule has 0 aliphatic heterocycles. The number of rotatable bonds is 6. The summed E-state index contributed by atoms with van der Waals surface area (Å²) in [5, 5.41) is 5.36. The van der Waals surface area contributed by atoms with Crippen molar-refractivity contribution in [2.24, 2.45) is 0 Å². The summed E-state index contributed by atoms with van der Waals surface area (Å²) in [6, 6.07) is 12.7. The Bertz CT molecular complexity index is 786. The van der Waals surface area contributed by atoms with Crippen molar-refractivity contribution in [3.63, 3.8) is 0 Å². The molecule has 0 atom stereocenters. The highest BCUT2D eigenvalue weighted by Gasteiger charge is 2.19. The lowest BCUT2D eigenvalue weighted by atomic mass is 9.87. The van der Waals surface area contributed by atoms with E-state index in [1.807, 2.05) is 24.3 Å². The molecule has 6 heteroatoms. The van der Waals surface area contributed by atoms with Crippen LogP contribution < -0.4 is 20.1 Å². The Labute approximate surface area is 159 Å². The SMILES string of the molecule is COc1cccc(OC)c1C(=O)NCC(=O)Nc1ccc(C(C)(C)C)cc1.